The van der Waals surface area contributed by atoms with Gasteiger partial charge in [0.05, 0.1) is 0 Å². The third-order valence-corrected chi connectivity index (χ3v) is 6.13. The lowest BCUT2D eigenvalue weighted by Gasteiger charge is -2.24. The Balaban J connectivity index is 1.96. The first-order valence-electron chi connectivity index (χ1n) is 14.1. The normalized spacial score (nSPS) is 12.3. The van der Waals surface area contributed by atoms with Crippen LogP contribution in [0.5, 0.6) is 0 Å². The van der Waals surface area contributed by atoms with E-state index in [0.29, 0.717) is 6.42 Å². The highest BCUT2D eigenvalue weighted by Gasteiger charge is 2.27. The predicted molar refractivity (Wildman–Crippen MR) is 142 cm³/mol. The van der Waals surface area contributed by atoms with Crippen molar-refractivity contribution in [1.29, 1.82) is 0 Å². The second-order valence-electron chi connectivity index (χ2n) is 10.9. The van der Waals surface area contributed by atoms with Gasteiger partial charge in [-0.05, 0) is 50.5 Å². The summed E-state index contributed by atoms with van der Waals surface area (Å²) < 4.78 is 5.32. The quantitative estimate of drug-likeness (QED) is 0.137. The number of unbranched alkanes of at least 4 members (excludes halogenated alkanes) is 13. The second-order valence-corrected chi connectivity index (χ2v) is 10.9. The van der Waals surface area contributed by atoms with Gasteiger partial charge in [-0.1, -0.05) is 77.0 Å². The number of carboxylic acid groups (broad SMARTS) is 1. The molecule has 1 heterocycles. The Morgan fingerprint density at radius 1 is 0.838 bits per heavy atom. The Kier molecular flexibility index (Phi) is 17.2. The predicted octanol–water partition coefficient (Wildman–Crippen LogP) is 5.29. The van der Waals surface area contributed by atoms with Crippen molar-refractivity contribution < 1.29 is 24.2 Å². The topological polar surface area (TPSA) is 147 Å². The van der Waals surface area contributed by atoms with Crippen LogP contribution in [0.4, 0.5) is 0 Å². The number of carbonyl (C=O) groups is 3. The van der Waals surface area contributed by atoms with Crippen LogP contribution in [-0.2, 0) is 25.5 Å². The highest BCUT2D eigenvalue weighted by atomic mass is 16.6. The maximum Gasteiger partial charge on any atom is 0.329 e. The summed E-state index contributed by atoms with van der Waals surface area (Å²) in [6.07, 6.45) is 17.8. The van der Waals surface area contributed by atoms with Gasteiger partial charge in [-0.3, -0.25) is 9.59 Å². The van der Waals surface area contributed by atoms with Gasteiger partial charge in [0.2, 0.25) is 5.91 Å². The van der Waals surface area contributed by atoms with Crippen LogP contribution < -0.4 is 5.32 Å². The van der Waals surface area contributed by atoms with Crippen LogP contribution in [0.1, 0.15) is 136 Å². The van der Waals surface area contributed by atoms with Gasteiger partial charge in [0.15, 0.2) is 0 Å². The van der Waals surface area contributed by atoms with Gasteiger partial charge in [0.1, 0.15) is 17.5 Å². The summed E-state index contributed by atoms with van der Waals surface area (Å²) in [5.41, 5.74) is -0.693. The van der Waals surface area contributed by atoms with Gasteiger partial charge in [-0.2, -0.15) is 0 Å². The molecule has 1 rings (SSSR count). The van der Waals surface area contributed by atoms with Crippen molar-refractivity contribution in [3.63, 3.8) is 0 Å². The number of tetrazole rings is 1. The van der Waals surface area contributed by atoms with Gasteiger partial charge in [0, 0.05) is 19.3 Å². The van der Waals surface area contributed by atoms with E-state index in [1.54, 1.807) is 20.8 Å². The molecule has 0 bridgehead atoms. The molecule has 10 nitrogen and oxygen atoms in total. The zero-order valence-corrected chi connectivity index (χ0v) is 23.2. The number of carbonyl (C=O) groups excluding carboxylic acids is 2. The van der Waals surface area contributed by atoms with Crippen molar-refractivity contribution in [3.05, 3.63) is 5.82 Å². The number of hydrogen-bond acceptors (Lipinski definition) is 7. The Labute approximate surface area is 222 Å². The number of nitrogens with zero attached hydrogens (tertiary/aromatic N) is 3. The second kappa shape index (κ2) is 19.6. The molecule has 0 spiro atoms. The van der Waals surface area contributed by atoms with Crippen LogP contribution in [0.2, 0.25) is 0 Å². The average Bonchev–Trinajstić information content (AvgIpc) is 3.33. The van der Waals surface area contributed by atoms with Gasteiger partial charge in [0.25, 0.3) is 0 Å². The number of aromatic nitrogens is 4. The molecule has 0 radical (unpaired) electrons. The van der Waals surface area contributed by atoms with Crippen LogP contribution in [0.25, 0.3) is 0 Å². The number of aliphatic carboxylic acids is 1. The van der Waals surface area contributed by atoms with Gasteiger partial charge in [-0.15, -0.1) is 5.10 Å². The first-order chi connectivity index (χ1) is 17.7. The molecule has 0 saturated carbocycles. The maximum absolute atomic E-state index is 12.3. The van der Waals surface area contributed by atoms with Crippen molar-refractivity contribution in [2.75, 3.05) is 0 Å². The number of nitrogens with one attached hydrogen (secondary N) is 2. The molecule has 1 aromatic heterocycles. The zero-order chi connectivity index (χ0) is 27.4. The number of hydrogen-bond donors (Lipinski definition) is 3. The first-order valence-corrected chi connectivity index (χ1v) is 14.1. The minimum absolute atomic E-state index is 0.0265. The minimum atomic E-state index is -1.01. The van der Waals surface area contributed by atoms with Gasteiger partial charge in [-0.25, -0.2) is 9.89 Å². The molecule has 212 valence electrons. The van der Waals surface area contributed by atoms with Crippen molar-refractivity contribution in [1.82, 2.24) is 25.9 Å². The van der Waals surface area contributed by atoms with Crippen LogP contribution in [0.15, 0.2) is 0 Å². The number of rotatable bonds is 22. The monoisotopic (exact) mass is 523 g/mol. The van der Waals surface area contributed by atoms with E-state index in [9.17, 15) is 14.4 Å². The standard InChI is InChI=1S/C27H49N5O5/c1-27(2,3)37-26(36)22(20-21-25(34)35)28-24(33)19-17-15-13-11-9-7-5-4-6-8-10-12-14-16-18-23-29-31-32-30-23/h22H,4-21H2,1-3H3,(H,28,33)(H,34,35)(H,29,30,31,32)/t22-/m0/s1. The molecule has 0 saturated heterocycles. The zero-order valence-electron chi connectivity index (χ0n) is 23.2. The minimum Gasteiger partial charge on any atom is -0.481 e. The third kappa shape index (κ3) is 19.3. The molecule has 10 heteroatoms. The van der Waals surface area contributed by atoms with E-state index >= 15 is 0 Å². The number of aryl methyl sites for hydroxylation is 1. The summed E-state index contributed by atoms with van der Waals surface area (Å²) in [7, 11) is 0. The Bertz CT molecular complexity index is 749. The molecule has 37 heavy (non-hydrogen) atoms. The first kappa shape index (κ1) is 32.5. The molecule has 0 aliphatic heterocycles. The summed E-state index contributed by atoms with van der Waals surface area (Å²) in [4.78, 5) is 35.5. The number of aromatic amines is 1. The van der Waals surface area contributed by atoms with E-state index in [1.165, 1.54) is 64.2 Å². The van der Waals surface area contributed by atoms with Crippen molar-refractivity contribution in [3.8, 4) is 0 Å². The summed E-state index contributed by atoms with van der Waals surface area (Å²) in [6.45, 7) is 5.23. The lowest BCUT2D eigenvalue weighted by atomic mass is 10.0. The van der Waals surface area contributed by atoms with E-state index in [-0.39, 0.29) is 18.7 Å². The molecule has 1 amide bonds. The van der Waals surface area contributed by atoms with E-state index in [0.717, 1.165) is 37.9 Å². The smallest absolute Gasteiger partial charge is 0.329 e. The molecule has 0 aromatic carbocycles. The molecule has 0 aliphatic rings. The molecule has 0 fully saturated rings. The molecule has 3 N–H and O–H groups in total. The molecule has 0 unspecified atom stereocenters. The van der Waals surface area contributed by atoms with Crippen molar-refractivity contribution in [2.24, 2.45) is 0 Å². The third-order valence-electron chi connectivity index (χ3n) is 6.13. The summed E-state index contributed by atoms with van der Waals surface area (Å²) >= 11 is 0. The van der Waals surface area contributed by atoms with Crippen LogP contribution in [-0.4, -0.2) is 55.2 Å². The van der Waals surface area contributed by atoms with Crippen molar-refractivity contribution >= 4 is 17.8 Å². The fourth-order valence-corrected chi connectivity index (χ4v) is 4.14. The number of ether oxygens (including phenoxy) is 1. The number of H-pyrrole nitrogens is 1. The molecular formula is C27H49N5O5. The van der Waals surface area contributed by atoms with Crippen LogP contribution in [0.3, 0.4) is 0 Å². The lowest BCUT2D eigenvalue weighted by Crippen LogP contribution is -2.44. The number of esters is 1. The van der Waals surface area contributed by atoms with Crippen molar-refractivity contribution in [2.45, 2.75) is 148 Å². The molecule has 0 aliphatic carbocycles. The summed E-state index contributed by atoms with van der Waals surface area (Å²) in [5.74, 6) is -0.941. The summed E-state index contributed by atoms with van der Waals surface area (Å²) in [6, 6.07) is -0.925. The highest BCUT2D eigenvalue weighted by Crippen LogP contribution is 2.14. The summed E-state index contributed by atoms with van der Waals surface area (Å²) in [5, 5.41) is 25.4. The number of carboxylic acids is 1. The lowest BCUT2D eigenvalue weighted by molar-refractivity contribution is -0.159. The van der Waals surface area contributed by atoms with E-state index in [4.69, 9.17) is 9.84 Å². The fourth-order valence-electron chi connectivity index (χ4n) is 4.14. The van der Waals surface area contributed by atoms with E-state index in [2.05, 4.69) is 25.9 Å². The van der Waals surface area contributed by atoms with E-state index in [1.807, 2.05) is 0 Å². The number of amides is 1. The van der Waals surface area contributed by atoms with Gasteiger partial charge >= 0.3 is 11.9 Å². The SMILES string of the molecule is CC(C)(C)OC(=O)[C@H](CCC(=O)O)NC(=O)CCCCCCCCCCCCCCCCc1nnn[nH]1. The van der Waals surface area contributed by atoms with Gasteiger partial charge < -0.3 is 15.2 Å². The highest BCUT2D eigenvalue weighted by molar-refractivity contribution is 5.85. The molecular weight excluding hydrogens is 474 g/mol. The average molecular weight is 524 g/mol. The Morgan fingerprint density at radius 3 is 1.81 bits per heavy atom. The van der Waals surface area contributed by atoms with E-state index < -0.39 is 23.6 Å². The van der Waals surface area contributed by atoms with Crippen LogP contribution >= 0.6 is 0 Å². The Morgan fingerprint density at radius 2 is 1.35 bits per heavy atom. The maximum atomic E-state index is 12.3. The largest absolute Gasteiger partial charge is 0.481 e. The fraction of sp³-hybridized carbons (Fsp3) is 0.852. The molecule has 1 atom stereocenters. The van der Waals surface area contributed by atoms with Crippen LogP contribution in [0, 0.1) is 0 Å². The Hall–Kier alpha value is -2.52. The molecule has 1 aromatic rings.